The van der Waals surface area contributed by atoms with Gasteiger partial charge in [-0.25, -0.2) is 8.42 Å². The van der Waals surface area contributed by atoms with Crippen LogP contribution in [0.1, 0.15) is 25.7 Å². The van der Waals surface area contributed by atoms with E-state index in [-0.39, 0.29) is 5.25 Å². The van der Waals surface area contributed by atoms with Crippen molar-refractivity contribution in [3.8, 4) is 0 Å². The summed E-state index contributed by atoms with van der Waals surface area (Å²) in [6, 6.07) is 7.23. The molecule has 1 aromatic rings. The molecular formula is C15H20N2O3S. The number of carbonyl (C=O) groups excluding carboxylic acids is 1. The van der Waals surface area contributed by atoms with Crippen LogP contribution in [0.4, 0.5) is 5.69 Å². The highest BCUT2D eigenvalue weighted by Crippen LogP contribution is 2.38. The lowest BCUT2D eigenvalue weighted by molar-refractivity contribution is -0.105. The Labute approximate surface area is 125 Å². The number of nitrogens with zero attached hydrogens (tertiary/aromatic N) is 1. The molecule has 0 spiro atoms. The zero-order valence-electron chi connectivity index (χ0n) is 12.0. The molecule has 5 nitrogen and oxygen atoms in total. The lowest BCUT2D eigenvalue weighted by Crippen LogP contribution is -2.44. The van der Waals surface area contributed by atoms with E-state index in [1.807, 2.05) is 0 Å². The highest BCUT2D eigenvalue weighted by molar-refractivity contribution is 7.92. The molecule has 2 bridgehead atoms. The first-order valence-electron chi connectivity index (χ1n) is 7.28. The van der Waals surface area contributed by atoms with Gasteiger partial charge < -0.3 is 10.2 Å². The van der Waals surface area contributed by atoms with Gasteiger partial charge in [-0.05, 0) is 57.0 Å². The van der Waals surface area contributed by atoms with Crippen LogP contribution in [0.2, 0.25) is 0 Å². The van der Waals surface area contributed by atoms with E-state index in [4.69, 9.17) is 0 Å². The van der Waals surface area contributed by atoms with Gasteiger partial charge in [0.25, 0.3) is 0 Å². The van der Waals surface area contributed by atoms with E-state index in [2.05, 4.69) is 17.3 Å². The van der Waals surface area contributed by atoms with Crippen LogP contribution in [0, 0.1) is 0 Å². The van der Waals surface area contributed by atoms with Crippen molar-refractivity contribution in [1.82, 2.24) is 4.90 Å². The maximum atomic E-state index is 12.8. The first-order chi connectivity index (χ1) is 10.0. The van der Waals surface area contributed by atoms with E-state index in [1.54, 1.807) is 24.3 Å². The van der Waals surface area contributed by atoms with Crippen LogP contribution in [0.25, 0.3) is 0 Å². The van der Waals surface area contributed by atoms with Gasteiger partial charge in [0, 0.05) is 17.8 Å². The van der Waals surface area contributed by atoms with E-state index < -0.39 is 9.84 Å². The average molecular weight is 308 g/mol. The molecule has 1 aromatic carbocycles. The van der Waals surface area contributed by atoms with E-state index in [1.165, 1.54) is 0 Å². The molecule has 2 saturated heterocycles. The molecule has 0 radical (unpaired) electrons. The Kier molecular flexibility index (Phi) is 3.75. The molecule has 114 valence electrons. The van der Waals surface area contributed by atoms with Gasteiger partial charge in [-0.15, -0.1) is 0 Å². The number of piperidine rings is 1. The van der Waals surface area contributed by atoms with Gasteiger partial charge in [0.15, 0.2) is 9.84 Å². The number of hydrogen-bond donors (Lipinski definition) is 1. The molecule has 2 aliphatic rings. The van der Waals surface area contributed by atoms with E-state index in [0.717, 1.165) is 25.7 Å². The maximum Gasteiger partial charge on any atom is 0.211 e. The SMILES string of the molecule is CN1C2CCC1CC(S(=O)(=O)c1ccc(NC=O)cc1)C2. The van der Waals surface area contributed by atoms with Crippen LogP contribution in [-0.4, -0.2) is 44.1 Å². The highest BCUT2D eigenvalue weighted by Gasteiger charge is 2.43. The first-order valence-corrected chi connectivity index (χ1v) is 8.83. The van der Waals surface area contributed by atoms with Crippen LogP contribution >= 0.6 is 0 Å². The number of nitrogens with one attached hydrogen (secondary N) is 1. The predicted octanol–water partition coefficient (Wildman–Crippen LogP) is 1.65. The Hall–Kier alpha value is -1.40. The summed E-state index contributed by atoms with van der Waals surface area (Å²) in [5.41, 5.74) is 0.604. The Balaban J connectivity index is 1.82. The molecule has 0 aliphatic carbocycles. The smallest absolute Gasteiger partial charge is 0.211 e. The zero-order valence-corrected chi connectivity index (χ0v) is 12.8. The molecular weight excluding hydrogens is 288 g/mol. The summed E-state index contributed by atoms with van der Waals surface area (Å²) in [6.45, 7) is 0. The summed E-state index contributed by atoms with van der Waals surface area (Å²) in [5.74, 6) is 0. The Morgan fingerprint density at radius 2 is 1.71 bits per heavy atom. The molecule has 21 heavy (non-hydrogen) atoms. The van der Waals surface area contributed by atoms with Crippen LogP contribution in [0.5, 0.6) is 0 Å². The Bertz CT molecular complexity index is 613. The minimum Gasteiger partial charge on any atom is -0.329 e. The van der Waals surface area contributed by atoms with Gasteiger partial charge in [0.1, 0.15) is 0 Å². The van der Waals surface area contributed by atoms with Crippen LogP contribution in [0.3, 0.4) is 0 Å². The molecule has 1 amide bonds. The number of fused-ring (bicyclic) bond motifs is 2. The van der Waals surface area contributed by atoms with Crippen LogP contribution in [0.15, 0.2) is 29.2 Å². The van der Waals surface area contributed by atoms with Crippen molar-refractivity contribution in [2.24, 2.45) is 0 Å². The van der Waals surface area contributed by atoms with Crippen molar-refractivity contribution in [2.45, 2.75) is 47.9 Å². The van der Waals surface area contributed by atoms with Gasteiger partial charge in [-0.3, -0.25) is 4.79 Å². The van der Waals surface area contributed by atoms with Gasteiger partial charge in [0.2, 0.25) is 6.41 Å². The molecule has 0 aromatic heterocycles. The minimum absolute atomic E-state index is 0.281. The summed E-state index contributed by atoms with van der Waals surface area (Å²) in [4.78, 5) is 13.1. The monoisotopic (exact) mass is 308 g/mol. The summed E-state index contributed by atoms with van der Waals surface area (Å²) in [6.07, 6.45) is 4.25. The van der Waals surface area contributed by atoms with Crippen molar-refractivity contribution in [3.05, 3.63) is 24.3 Å². The molecule has 6 heteroatoms. The average Bonchev–Trinajstić information content (AvgIpc) is 2.69. The predicted molar refractivity (Wildman–Crippen MR) is 80.9 cm³/mol. The third kappa shape index (κ3) is 2.58. The zero-order chi connectivity index (χ0) is 15.0. The van der Waals surface area contributed by atoms with Crippen LogP contribution < -0.4 is 5.32 Å². The summed E-state index contributed by atoms with van der Waals surface area (Å²) in [5, 5.41) is 2.23. The normalized spacial score (nSPS) is 29.3. The molecule has 2 aliphatic heterocycles. The molecule has 2 fully saturated rings. The Morgan fingerprint density at radius 1 is 1.14 bits per heavy atom. The number of benzene rings is 1. The first kappa shape index (κ1) is 14.5. The third-order valence-electron chi connectivity index (χ3n) is 4.90. The van der Waals surface area contributed by atoms with Crippen molar-refractivity contribution < 1.29 is 13.2 Å². The van der Waals surface area contributed by atoms with Gasteiger partial charge in [-0.1, -0.05) is 0 Å². The fourth-order valence-corrected chi connectivity index (χ4v) is 5.47. The largest absolute Gasteiger partial charge is 0.329 e. The number of amides is 1. The topological polar surface area (TPSA) is 66.5 Å². The lowest BCUT2D eigenvalue weighted by atomic mass is 10.0. The fraction of sp³-hybridized carbons (Fsp3) is 0.533. The molecule has 2 unspecified atom stereocenters. The quantitative estimate of drug-likeness (QED) is 0.859. The van der Waals surface area contributed by atoms with Crippen molar-refractivity contribution in [1.29, 1.82) is 0 Å². The summed E-state index contributed by atoms with van der Waals surface area (Å²) in [7, 11) is -1.18. The lowest BCUT2D eigenvalue weighted by Gasteiger charge is -2.35. The number of rotatable bonds is 4. The van der Waals surface area contributed by atoms with Gasteiger partial charge in [0.05, 0.1) is 10.1 Å². The molecule has 3 rings (SSSR count). The molecule has 1 N–H and O–H groups in total. The Morgan fingerprint density at radius 3 is 2.24 bits per heavy atom. The summed E-state index contributed by atoms with van der Waals surface area (Å²) < 4.78 is 25.5. The highest BCUT2D eigenvalue weighted by atomic mass is 32.2. The van der Waals surface area contributed by atoms with E-state index >= 15 is 0 Å². The standard InChI is InChI=1S/C15H20N2O3S/c1-17-12-4-5-13(17)9-15(8-12)21(19,20)14-6-2-11(3-7-14)16-10-18/h2-3,6-7,10,12-13,15H,4-5,8-9H2,1H3,(H,16,18). The second kappa shape index (κ2) is 5.42. The van der Waals surface area contributed by atoms with E-state index in [0.29, 0.717) is 29.1 Å². The van der Waals surface area contributed by atoms with E-state index in [9.17, 15) is 13.2 Å². The molecule has 2 atom stereocenters. The van der Waals surface area contributed by atoms with Gasteiger partial charge >= 0.3 is 0 Å². The molecule has 0 saturated carbocycles. The second-order valence-electron chi connectivity index (χ2n) is 5.98. The molecule has 2 heterocycles. The third-order valence-corrected chi connectivity index (χ3v) is 7.09. The number of carbonyl (C=O) groups is 1. The van der Waals surface area contributed by atoms with Gasteiger partial charge in [-0.2, -0.15) is 0 Å². The summed E-state index contributed by atoms with van der Waals surface area (Å²) >= 11 is 0. The number of sulfone groups is 1. The maximum absolute atomic E-state index is 12.8. The minimum atomic E-state index is -3.29. The van der Waals surface area contributed by atoms with Crippen molar-refractivity contribution >= 4 is 21.9 Å². The second-order valence-corrected chi connectivity index (χ2v) is 8.20. The van der Waals surface area contributed by atoms with Crippen molar-refractivity contribution in [3.63, 3.8) is 0 Å². The van der Waals surface area contributed by atoms with Crippen LogP contribution in [-0.2, 0) is 14.6 Å². The number of anilines is 1. The van der Waals surface area contributed by atoms with Crippen molar-refractivity contribution in [2.75, 3.05) is 12.4 Å². The number of hydrogen-bond acceptors (Lipinski definition) is 4. The fourth-order valence-electron chi connectivity index (χ4n) is 3.62.